The summed E-state index contributed by atoms with van der Waals surface area (Å²) in [5.41, 5.74) is 0.190. The molecule has 0 spiro atoms. The second-order valence-electron chi connectivity index (χ2n) is 6.98. The van der Waals surface area contributed by atoms with Gasteiger partial charge in [0.15, 0.2) is 0 Å². The molecule has 1 amide bonds. The summed E-state index contributed by atoms with van der Waals surface area (Å²) < 4.78 is 37.6. The smallest absolute Gasteiger partial charge is 0.332 e. The van der Waals surface area contributed by atoms with Crippen molar-refractivity contribution in [3.8, 4) is 0 Å². The second kappa shape index (κ2) is 7.21. The van der Waals surface area contributed by atoms with Crippen LogP contribution >= 0.6 is 11.6 Å². The molecule has 0 unspecified atom stereocenters. The average molecular weight is 328 g/mol. The van der Waals surface area contributed by atoms with Crippen LogP contribution < -0.4 is 0 Å². The molecular weight excluding hydrogens is 303 g/mol. The van der Waals surface area contributed by atoms with Crippen molar-refractivity contribution < 1.29 is 18.0 Å². The fourth-order valence-corrected chi connectivity index (χ4v) is 3.25. The lowest BCUT2D eigenvalue weighted by Crippen LogP contribution is -2.44. The van der Waals surface area contributed by atoms with Gasteiger partial charge in [0.2, 0.25) is 5.91 Å². The lowest BCUT2D eigenvalue weighted by molar-refractivity contribution is -0.164. The minimum atomic E-state index is -4.37. The highest BCUT2D eigenvalue weighted by molar-refractivity contribution is 6.18. The van der Waals surface area contributed by atoms with Gasteiger partial charge in [0, 0.05) is 18.3 Å². The van der Waals surface area contributed by atoms with Gasteiger partial charge in [0.05, 0.1) is 0 Å². The van der Waals surface area contributed by atoms with E-state index < -0.39 is 12.7 Å². The van der Waals surface area contributed by atoms with E-state index in [1.165, 1.54) is 0 Å². The zero-order chi connectivity index (χ0) is 16.3. The largest absolute Gasteiger partial charge is 0.406 e. The Labute approximate surface area is 130 Å². The van der Waals surface area contributed by atoms with Crippen molar-refractivity contribution in [2.24, 2.45) is 17.3 Å². The standard InChI is InChI=1S/C15H25ClF3NO/c1-14(2,3)12-6-4-11(5-7-12)13(21)20(9-8-16)10-15(17,18)19/h11-12H,4-10H2,1-3H3. The second-order valence-corrected chi connectivity index (χ2v) is 7.36. The van der Waals surface area contributed by atoms with E-state index in [1.807, 2.05) is 0 Å². The van der Waals surface area contributed by atoms with Gasteiger partial charge in [-0.15, -0.1) is 11.6 Å². The number of rotatable bonds is 4. The molecule has 2 nitrogen and oxygen atoms in total. The zero-order valence-electron chi connectivity index (χ0n) is 13.0. The van der Waals surface area contributed by atoms with E-state index >= 15 is 0 Å². The predicted molar refractivity (Wildman–Crippen MR) is 78.3 cm³/mol. The van der Waals surface area contributed by atoms with E-state index in [4.69, 9.17) is 11.6 Å². The third-order valence-electron chi connectivity index (χ3n) is 4.34. The van der Waals surface area contributed by atoms with Crippen molar-refractivity contribution in [1.29, 1.82) is 0 Å². The maximum atomic E-state index is 12.5. The Morgan fingerprint density at radius 1 is 1.14 bits per heavy atom. The van der Waals surface area contributed by atoms with Gasteiger partial charge in [0.1, 0.15) is 6.54 Å². The molecule has 124 valence electrons. The van der Waals surface area contributed by atoms with Gasteiger partial charge in [-0.2, -0.15) is 13.2 Å². The summed E-state index contributed by atoms with van der Waals surface area (Å²) in [6.07, 6.45) is -1.21. The van der Waals surface area contributed by atoms with Crippen LogP contribution in [0.3, 0.4) is 0 Å². The van der Waals surface area contributed by atoms with Crippen molar-refractivity contribution >= 4 is 17.5 Å². The summed E-state index contributed by atoms with van der Waals surface area (Å²) in [5.74, 6) is -0.112. The van der Waals surface area contributed by atoms with E-state index in [-0.39, 0.29) is 29.7 Å². The van der Waals surface area contributed by atoms with E-state index in [2.05, 4.69) is 20.8 Å². The number of carbonyl (C=O) groups is 1. The van der Waals surface area contributed by atoms with Crippen LogP contribution in [0.5, 0.6) is 0 Å². The molecule has 0 radical (unpaired) electrons. The molecule has 0 bridgehead atoms. The first-order valence-electron chi connectivity index (χ1n) is 7.46. The minimum Gasteiger partial charge on any atom is -0.332 e. The maximum Gasteiger partial charge on any atom is 0.406 e. The lowest BCUT2D eigenvalue weighted by atomic mass is 9.69. The number of carbonyl (C=O) groups excluding carboxylic acids is 1. The molecule has 21 heavy (non-hydrogen) atoms. The summed E-state index contributed by atoms with van der Waals surface area (Å²) in [6, 6.07) is 0. The highest BCUT2D eigenvalue weighted by Crippen LogP contribution is 2.40. The van der Waals surface area contributed by atoms with Crippen LogP contribution in [-0.4, -0.2) is 36.0 Å². The molecule has 0 N–H and O–H groups in total. The number of hydrogen-bond donors (Lipinski definition) is 0. The molecule has 6 heteroatoms. The van der Waals surface area contributed by atoms with Gasteiger partial charge in [0.25, 0.3) is 0 Å². The number of alkyl halides is 4. The Morgan fingerprint density at radius 2 is 1.67 bits per heavy atom. The molecule has 1 aliphatic rings. The molecule has 0 aromatic carbocycles. The molecule has 0 aliphatic heterocycles. The summed E-state index contributed by atoms with van der Waals surface area (Å²) in [4.78, 5) is 13.2. The topological polar surface area (TPSA) is 20.3 Å². The molecule has 0 saturated heterocycles. The monoisotopic (exact) mass is 327 g/mol. The number of amides is 1. The number of hydrogen-bond acceptors (Lipinski definition) is 1. The third-order valence-corrected chi connectivity index (χ3v) is 4.51. The molecule has 1 saturated carbocycles. The van der Waals surface area contributed by atoms with Gasteiger partial charge < -0.3 is 4.90 Å². The Balaban J connectivity index is 2.61. The van der Waals surface area contributed by atoms with Crippen LogP contribution in [-0.2, 0) is 4.79 Å². The van der Waals surface area contributed by atoms with Crippen molar-refractivity contribution in [2.45, 2.75) is 52.6 Å². The first-order chi connectivity index (χ1) is 9.54. The summed E-state index contributed by atoms with van der Waals surface area (Å²) in [5, 5.41) is 0. The molecule has 1 aliphatic carbocycles. The van der Waals surface area contributed by atoms with Crippen molar-refractivity contribution in [2.75, 3.05) is 19.0 Å². The third kappa shape index (κ3) is 6.05. The predicted octanol–water partition coefficient (Wildman–Crippen LogP) is 4.47. The summed E-state index contributed by atoms with van der Waals surface area (Å²) >= 11 is 5.53. The molecule has 1 rings (SSSR count). The van der Waals surface area contributed by atoms with Crippen LogP contribution in [0.1, 0.15) is 46.5 Å². The van der Waals surface area contributed by atoms with Gasteiger partial charge >= 0.3 is 6.18 Å². The molecular formula is C15H25ClF3NO. The minimum absolute atomic E-state index is 0.0269. The van der Waals surface area contributed by atoms with Crippen LogP contribution in [0, 0.1) is 17.3 Å². The van der Waals surface area contributed by atoms with Crippen LogP contribution in [0.25, 0.3) is 0 Å². The first-order valence-corrected chi connectivity index (χ1v) is 7.99. The highest BCUT2D eigenvalue weighted by Gasteiger charge is 2.37. The van der Waals surface area contributed by atoms with Gasteiger partial charge in [-0.05, 0) is 37.0 Å². The summed E-state index contributed by atoms with van der Waals surface area (Å²) in [6.45, 7) is 5.27. The van der Waals surface area contributed by atoms with Crippen LogP contribution in [0.4, 0.5) is 13.2 Å². The van der Waals surface area contributed by atoms with Gasteiger partial charge in [-0.25, -0.2) is 0 Å². The number of nitrogens with zero attached hydrogens (tertiary/aromatic N) is 1. The van der Waals surface area contributed by atoms with Crippen LogP contribution in [0.15, 0.2) is 0 Å². The molecule has 1 fully saturated rings. The Bertz CT molecular complexity index is 344. The average Bonchev–Trinajstić information content (AvgIpc) is 2.35. The van der Waals surface area contributed by atoms with Crippen molar-refractivity contribution in [1.82, 2.24) is 4.90 Å². The lowest BCUT2D eigenvalue weighted by Gasteiger charge is -2.38. The SMILES string of the molecule is CC(C)(C)C1CCC(C(=O)N(CCCl)CC(F)(F)F)CC1. The fraction of sp³-hybridized carbons (Fsp3) is 0.933. The Hall–Kier alpha value is -0.450. The summed E-state index contributed by atoms with van der Waals surface area (Å²) in [7, 11) is 0. The highest BCUT2D eigenvalue weighted by atomic mass is 35.5. The van der Waals surface area contributed by atoms with E-state index in [1.54, 1.807) is 0 Å². The Morgan fingerprint density at radius 3 is 2.05 bits per heavy atom. The quantitative estimate of drug-likeness (QED) is 0.698. The van der Waals surface area contributed by atoms with Crippen molar-refractivity contribution in [3.63, 3.8) is 0 Å². The Kier molecular flexibility index (Phi) is 6.38. The fourth-order valence-electron chi connectivity index (χ4n) is 3.05. The maximum absolute atomic E-state index is 12.5. The number of halogens is 4. The normalized spacial score (nSPS) is 24.0. The van der Waals surface area contributed by atoms with E-state index in [9.17, 15) is 18.0 Å². The molecule has 0 aromatic rings. The molecule has 0 heterocycles. The first kappa shape index (κ1) is 18.6. The van der Waals surface area contributed by atoms with Crippen LogP contribution in [0.2, 0.25) is 0 Å². The van der Waals surface area contributed by atoms with E-state index in [0.29, 0.717) is 18.8 Å². The van der Waals surface area contributed by atoms with Gasteiger partial charge in [-0.1, -0.05) is 20.8 Å². The molecule has 0 aromatic heterocycles. The van der Waals surface area contributed by atoms with E-state index in [0.717, 1.165) is 17.7 Å². The van der Waals surface area contributed by atoms with Gasteiger partial charge in [-0.3, -0.25) is 4.79 Å². The van der Waals surface area contributed by atoms with Crippen molar-refractivity contribution in [3.05, 3.63) is 0 Å². The molecule has 0 atom stereocenters. The zero-order valence-corrected chi connectivity index (χ0v) is 13.7.